The number of carbonyl (C=O) groups is 1. The molecule has 0 aliphatic carbocycles. The number of ether oxygens (including phenoxy) is 1. The van der Waals surface area contributed by atoms with Crippen molar-refractivity contribution in [2.45, 2.75) is 58.4 Å². The number of nitrogens with one attached hydrogen (secondary N) is 1. The summed E-state index contributed by atoms with van der Waals surface area (Å²) in [5.41, 5.74) is 1.58. The molecule has 0 aromatic carbocycles. The molecule has 2 aliphatic rings. The van der Waals surface area contributed by atoms with Crippen LogP contribution < -0.4 is 0 Å². The number of nitrogens with zero attached hydrogens (tertiary/aromatic N) is 3. The Kier molecular flexibility index (Phi) is 7.30. The Morgan fingerprint density at radius 3 is 2.93 bits per heavy atom. The summed E-state index contributed by atoms with van der Waals surface area (Å²) >= 11 is 0. The molecular weight excluding hydrogens is 340 g/mol. The number of H-pyrrole nitrogens is 1. The Hall–Kier alpha value is -1.40. The normalized spacial score (nSPS) is 23.4. The van der Waals surface area contributed by atoms with E-state index in [1.165, 1.54) is 45.2 Å². The van der Waals surface area contributed by atoms with Crippen molar-refractivity contribution >= 4 is 5.91 Å². The fraction of sp³-hybridized carbons (Fsp3) is 0.810. The molecule has 1 amide bonds. The molecule has 1 aromatic rings. The highest BCUT2D eigenvalue weighted by molar-refractivity contribution is 5.92. The number of aromatic amines is 1. The van der Waals surface area contributed by atoms with Gasteiger partial charge in [-0.05, 0) is 63.1 Å². The van der Waals surface area contributed by atoms with E-state index in [2.05, 4.69) is 28.9 Å². The number of piperidine rings is 2. The van der Waals surface area contributed by atoms with Crippen molar-refractivity contribution in [2.75, 3.05) is 39.9 Å². The molecule has 6 heteroatoms. The van der Waals surface area contributed by atoms with Crippen molar-refractivity contribution in [2.24, 2.45) is 11.8 Å². The lowest BCUT2D eigenvalue weighted by atomic mass is 9.83. The SMILES string of the molecule is COCCN(CC1CCCN2CCCCC12)C(=O)c1cc(CC(C)C)[nH]n1. The molecule has 2 aliphatic heterocycles. The molecular formula is C21H36N4O2. The van der Waals surface area contributed by atoms with Crippen molar-refractivity contribution < 1.29 is 9.53 Å². The molecule has 0 saturated carbocycles. The van der Waals surface area contributed by atoms with E-state index in [9.17, 15) is 4.79 Å². The number of aromatic nitrogens is 2. The molecule has 2 atom stereocenters. The molecule has 2 fully saturated rings. The van der Waals surface area contributed by atoms with Gasteiger partial charge in [-0.15, -0.1) is 0 Å². The second-order valence-corrected chi connectivity index (χ2v) is 8.62. The quantitative estimate of drug-likeness (QED) is 0.758. The second kappa shape index (κ2) is 9.69. The van der Waals surface area contributed by atoms with Gasteiger partial charge >= 0.3 is 0 Å². The molecule has 152 valence electrons. The third-order valence-corrected chi connectivity index (χ3v) is 6.01. The Balaban J connectivity index is 1.68. The van der Waals surface area contributed by atoms with E-state index in [0.717, 1.165) is 18.7 Å². The minimum absolute atomic E-state index is 0.0336. The molecule has 1 aromatic heterocycles. The van der Waals surface area contributed by atoms with E-state index in [1.54, 1.807) is 7.11 Å². The van der Waals surface area contributed by atoms with Crippen molar-refractivity contribution in [3.63, 3.8) is 0 Å². The molecule has 2 saturated heterocycles. The molecule has 3 heterocycles. The zero-order valence-electron chi connectivity index (χ0n) is 17.2. The second-order valence-electron chi connectivity index (χ2n) is 8.62. The van der Waals surface area contributed by atoms with E-state index in [-0.39, 0.29) is 5.91 Å². The van der Waals surface area contributed by atoms with Crippen molar-refractivity contribution in [3.8, 4) is 0 Å². The summed E-state index contributed by atoms with van der Waals surface area (Å²) in [6, 6.07) is 2.57. The van der Waals surface area contributed by atoms with E-state index >= 15 is 0 Å². The first-order chi connectivity index (χ1) is 13.1. The fourth-order valence-electron chi connectivity index (χ4n) is 4.73. The zero-order chi connectivity index (χ0) is 19.2. The third kappa shape index (κ3) is 5.32. The zero-order valence-corrected chi connectivity index (χ0v) is 17.2. The lowest BCUT2D eigenvalue weighted by Gasteiger charge is -2.45. The summed E-state index contributed by atoms with van der Waals surface area (Å²) in [5, 5.41) is 7.35. The Morgan fingerprint density at radius 2 is 2.15 bits per heavy atom. The van der Waals surface area contributed by atoms with Crippen molar-refractivity contribution in [1.29, 1.82) is 0 Å². The monoisotopic (exact) mass is 376 g/mol. The van der Waals surface area contributed by atoms with E-state index in [1.807, 2.05) is 11.0 Å². The largest absolute Gasteiger partial charge is 0.383 e. The predicted octanol–water partition coefficient (Wildman–Crippen LogP) is 2.96. The van der Waals surface area contributed by atoms with Gasteiger partial charge in [0.1, 0.15) is 5.69 Å². The summed E-state index contributed by atoms with van der Waals surface area (Å²) in [5.74, 6) is 1.14. The standard InChI is InChI=1S/C21H36N4O2/c1-16(2)13-18-14-19(23-22-18)21(26)25(11-12-27-3)15-17-7-6-10-24-9-5-4-8-20(17)24/h14,16-17,20H,4-13,15H2,1-3H3,(H,22,23). The highest BCUT2D eigenvalue weighted by Gasteiger charge is 2.35. The number of hydrogen-bond acceptors (Lipinski definition) is 4. The van der Waals surface area contributed by atoms with Crippen LogP contribution in [0.3, 0.4) is 0 Å². The first-order valence-corrected chi connectivity index (χ1v) is 10.6. The molecule has 0 bridgehead atoms. The minimum atomic E-state index is 0.0336. The van der Waals surface area contributed by atoms with Gasteiger partial charge in [0.25, 0.3) is 5.91 Å². The number of hydrogen-bond donors (Lipinski definition) is 1. The van der Waals surface area contributed by atoms with Crippen LogP contribution in [0.5, 0.6) is 0 Å². The van der Waals surface area contributed by atoms with Gasteiger partial charge in [-0.3, -0.25) is 9.89 Å². The Bertz CT molecular complexity index is 599. The van der Waals surface area contributed by atoms with E-state index < -0.39 is 0 Å². The molecule has 2 unspecified atom stereocenters. The first kappa shape index (κ1) is 20.3. The van der Waals surface area contributed by atoms with Crippen LogP contribution in [-0.4, -0.2) is 71.8 Å². The van der Waals surface area contributed by atoms with Crippen LogP contribution in [0.25, 0.3) is 0 Å². The predicted molar refractivity (Wildman–Crippen MR) is 107 cm³/mol. The average molecular weight is 377 g/mol. The van der Waals surface area contributed by atoms with Crippen LogP contribution >= 0.6 is 0 Å². The summed E-state index contributed by atoms with van der Waals surface area (Å²) in [7, 11) is 1.70. The maximum Gasteiger partial charge on any atom is 0.274 e. The molecule has 27 heavy (non-hydrogen) atoms. The summed E-state index contributed by atoms with van der Waals surface area (Å²) in [4.78, 5) is 17.8. The Morgan fingerprint density at radius 1 is 1.33 bits per heavy atom. The average Bonchev–Trinajstić information content (AvgIpc) is 3.12. The van der Waals surface area contributed by atoms with Crippen molar-refractivity contribution in [1.82, 2.24) is 20.0 Å². The lowest BCUT2D eigenvalue weighted by Crippen LogP contribution is -2.52. The lowest BCUT2D eigenvalue weighted by molar-refractivity contribution is 0.0313. The van der Waals surface area contributed by atoms with Gasteiger partial charge in [0.15, 0.2) is 0 Å². The maximum absolute atomic E-state index is 13.2. The van der Waals surface area contributed by atoms with Crippen LogP contribution in [0.15, 0.2) is 6.07 Å². The minimum Gasteiger partial charge on any atom is -0.383 e. The molecule has 1 N–H and O–H groups in total. The van der Waals surface area contributed by atoms with E-state index in [4.69, 9.17) is 4.74 Å². The number of carbonyl (C=O) groups excluding carboxylic acids is 1. The van der Waals surface area contributed by atoms with Crippen LogP contribution in [0.4, 0.5) is 0 Å². The summed E-state index contributed by atoms with van der Waals surface area (Å²) in [6.45, 7) is 8.81. The van der Waals surface area contributed by atoms with Crippen LogP contribution in [-0.2, 0) is 11.2 Å². The van der Waals surface area contributed by atoms with E-state index in [0.29, 0.717) is 36.7 Å². The van der Waals surface area contributed by atoms with Gasteiger partial charge in [-0.25, -0.2) is 0 Å². The van der Waals surface area contributed by atoms with Crippen LogP contribution in [0.1, 0.15) is 62.1 Å². The topological polar surface area (TPSA) is 61.5 Å². The number of fused-ring (bicyclic) bond motifs is 1. The first-order valence-electron chi connectivity index (χ1n) is 10.6. The molecule has 0 radical (unpaired) electrons. The highest BCUT2D eigenvalue weighted by Crippen LogP contribution is 2.31. The smallest absolute Gasteiger partial charge is 0.274 e. The number of rotatable bonds is 8. The van der Waals surface area contributed by atoms with Crippen LogP contribution in [0.2, 0.25) is 0 Å². The summed E-state index contributed by atoms with van der Waals surface area (Å²) in [6.07, 6.45) is 7.30. The van der Waals surface area contributed by atoms with Gasteiger partial charge < -0.3 is 14.5 Å². The molecule has 0 spiro atoms. The fourth-order valence-corrected chi connectivity index (χ4v) is 4.73. The highest BCUT2D eigenvalue weighted by atomic mass is 16.5. The number of methoxy groups -OCH3 is 1. The summed E-state index contributed by atoms with van der Waals surface area (Å²) < 4.78 is 5.28. The van der Waals surface area contributed by atoms with Gasteiger partial charge in [-0.1, -0.05) is 20.3 Å². The van der Waals surface area contributed by atoms with Gasteiger partial charge in [0.2, 0.25) is 0 Å². The van der Waals surface area contributed by atoms with Gasteiger partial charge in [0, 0.05) is 31.9 Å². The van der Waals surface area contributed by atoms with Crippen LogP contribution in [0, 0.1) is 11.8 Å². The number of amides is 1. The van der Waals surface area contributed by atoms with Gasteiger partial charge in [-0.2, -0.15) is 5.10 Å². The maximum atomic E-state index is 13.2. The third-order valence-electron chi connectivity index (χ3n) is 6.01. The molecule has 3 rings (SSSR count). The van der Waals surface area contributed by atoms with Gasteiger partial charge in [0.05, 0.1) is 6.61 Å². The Labute approximate surface area is 163 Å². The molecule has 6 nitrogen and oxygen atoms in total. The van der Waals surface area contributed by atoms with Crippen molar-refractivity contribution in [3.05, 3.63) is 17.5 Å².